The van der Waals surface area contributed by atoms with Gasteiger partial charge < -0.3 is 5.11 Å². The fourth-order valence-corrected chi connectivity index (χ4v) is 2.06. The van der Waals surface area contributed by atoms with Crippen LogP contribution in [-0.2, 0) is 4.79 Å². The molecule has 1 N–H and O–H groups in total. The van der Waals surface area contributed by atoms with Gasteiger partial charge in [0.15, 0.2) is 0 Å². The maximum atomic E-state index is 10.0. The Bertz CT molecular complexity index is 95.7. The largest absolute Gasteiger partial charge is 0.481 e. The first-order chi connectivity index (χ1) is 4.77. The van der Waals surface area contributed by atoms with Gasteiger partial charge in [-0.05, 0) is 6.26 Å². The van der Waals surface area contributed by atoms with Gasteiger partial charge in [-0.3, -0.25) is 4.79 Å². The third-order valence-corrected chi connectivity index (χ3v) is 2.75. The van der Waals surface area contributed by atoms with Crippen LogP contribution in [0.25, 0.3) is 0 Å². The molecule has 0 aliphatic heterocycles. The van der Waals surface area contributed by atoms with E-state index in [2.05, 4.69) is 6.26 Å². The smallest absolute Gasteiger partial charge is 0.304 e. The van der Waals surface area contributed by atoms with Gasteiger partial charge in [0.05, 0.1) is 6.42 Å². The van der Waals surface area contributed by atoms with Gasteiger partial charge >= 0.3 is 5.97 Å². The summed E-state index contributed by atoms with van der Waals surface area (Å²) >= 11 is 3.50. The predicted molar refractivity (Wildman–Crippen MR) is 48.0 cm³/mol. The van der Waals surface area contributed by atoms with Crippen LogP contribution in [0.1, 0.15) is 6.42 Å². The molecule has 0 aromatic carbocycles. The zero-order valence-corrected chi connectivity index (χ0v) is 7.63. The van der Waals surface area contributed by atoms with Gasteiger partial charge in [-0.1, -0.05) is 0 Å². The molecule has 4 heteroatoms. The van der Waals surface area contributed by atoms with E-state index in [-0.39, 0.29) is 0 Å². The van der Waals surface area contributed by atoms with Crippen molar-refractivity contribution < 1.29 is 9.90 Å². The molecule has 0 aromatic rings. The number of carboxylic acid groups (broad SMARTS) is 1. The molecule has 0 aliphatic carbocycles. The number of aliphatic carboxylic acids is 1. The highest BCUT2D eigenvalue weighted by molar-refractivity contribution is 8.02. The Balaban J connectivity index is 2.84. The van der Waals surface area contributed by atoms with Gasteiger partial charge in [-0.25, -0.2) is 0 Å². The molecule has 0 atom stereocenters. The second-order valence-corrected chi connectivity index (χ2v) is 3.96. The van der Waals surface area contributed by atoms with Crippen molar-refractivity contribution in [3.8, 4) is 0 Å². The lowest BCUT2D eigenvalue weighted by molar-refractivity contribution is -0.136. The molecule has 0 saturated heterocycles. The van der Waals surface area contributed by atoms with Crippen molar-refractivity contribution in [3.63, 3.8) is 0 Å². The van der Waals surface area contributed by atoms with Gasteiger partial charge in [0, 0.05) is 17.3 Å². The van der Waals surface area contributed by atoms with Crippen LogP contribution < -0.4 is 0 Å². The van der Waals surface area contributed by atoms with Crippen LogP contribution in [0.15, 0.2) is 0 Å². The van der Waals surface area contributed by atoms with Crippen LogP contribution in [0.2, 0.25) is 0 Å². The van der Waals surface area contributed by atoms with E-state index < -0.39 is 5.97 Å². The van der Waals surface area contributed by atoms with Gasteiger partial charge in [0.1, 0.15) is 0 Å². The Kier molecular flexibility index (Phi) is 7.40. The van der Waals surface area contributed by atoms with Crippen molar-refractivity contribution in [2.45, 2.75) is 6.42 Å². The minimum Gasteiger partial charge on any atom is -0.481 e. The molecule has 0 heterocycles. The molecular formula is C6H12O2S2. The molecule has 0 spiro atoms. The maximum Gasteiger partial charge on any atom is 0.304 e. The summed E-state index contributed by atoms with van der Waals surface area (Å²) < 4.78 is 0. The van der Waals surface area contributed by atoms with Crippen LogP contribution in [0.3, 0.4) is 0 Å². The molecule has 0 amide bonds. The number of carbonyl (C=O) groups is 1. The fourth-order valence-electron chi connectivity index (χ4n) is 0.404. The molecule has 0 unspecified atom stereocenters. The van der Waals surface area contributed by atoms with E-state index in [0.717, 1.165) is 17.3 Å². The van der Waals surface area contributed by atoms with Crippen molar-refractivity contribution in [1.29, 1.82) is 0 Å². The molecule has 2 nitrogen and oxygen atoms in total. The van der Waals surface area contributed by atoms with E-state index in [1.54, 1.807) is 23.5 Å². The third kappa shape index (κ3) is 8.17. The first-order valence-electron chi connectivity index (χ1n) is 3.06. The molecule has 0 aromatic heterocycles. The number of thioether (sulfide) groups is 2. The summed E-state index contributed by atoms with van der Waals surface area (Å²) in [6.07, 6.45) is 2.34. The minimum absolute atomic E-state index is 0.291. The quantitative estimate of drug-likeness (QED) is 0.629. The number of hydrogen-bond acceptors (Lipinski definition) is 3. The molecule has 10 heavy (non-hydrogen) atoms. The molecular weight excluding hydrogens is 168 g/mol. The molecule has 0 aliphatic rings. The van der Waals surface area contributed by atoms with E-state index in [4.69, 9.17) is 5.11 Å². The van der Waals surface area contributed by atoms with Gasteiger partial charge in [0.25, 0.3) is 0 Å². The standard InChI is InChI=1S/C6H12O2S2/c1-9-4-5-10-3-2-6(7)8/h2-5H2,1H3,(H,7,8). The first-order valence-corrected chi connectivity index (χ1v) is 5.60. The summed E-state index contributed by atoms with van der Waals surface area (Å²) in [5.74, 6) is 2.23. The zero-order valence-electron chi connectivity index (χ0n) is 6.00. The van der Waals surface area contributed by atoms with E-state index in [9.17, 15) is 4.79 Å². The minimum atomic E-state index is -0.698. The summed E-state index contributed by atoms with van der Waals surface area (Å²) in [5, 5.41) is 8.25. The van der Waals surface area contributed by atoms with Crippen LogP contribution >= 0.6 is 23.5 Å². The van der Waals surface area contributed by atoms with Gasteiger partial charge in [0.2, 0.25) is 0 Å². The Morgan fingerprint density at radius 3 is 2.60 bits per heavy atom. The topological polar surface area (TPSA) is 37.3 Å². The lowest BCUT2D eigenvalue weighted by Gasteiger charge is -1.95. The molecule has 0 rings (SSSR count). The maximum absolute atomic E-state index is 10.0. The monoisotopic (exact) mass is 180 g/mol. The Labute approximate surface area is 69.8 Å². The van der Waals surface area contributed by atoms with Crippen molar-refractivity contribution in [2.75, 3.05) is 23.5 Å². The molecule has 0 radical (unpaired) electrons. The lowest BCUT2D eigenvalue weighted by atomic mass is 10.5. The highest BCUT2D eigenvalue weighted by Crippen LogP contribution is 2.05. The highest BCUT2D eigenvalue weighted by atomic mass is 32.2. The van der Waals surface area contributed by atoms with Crippen LogP contribution in [0, 0.1) is 0 Å². The average molecular weight is 180 g/mol. The van der Waals surface area contributed by atoms with Gasteiger partial charge in [-0.15, -0.1) is 0 Å². The predicted octanol–water partition coefficient (Wildman–Crippen LogP) is 1.56. The van der Waals surface area contributed by atoms with E-state index in [0.29, 0.717) is 6.42 Å². The molecule has 0 saturated carbocycles. The summed E-state index contributed by atoms with van der Waals surface area (Å²) in [6, 6.07) is 0. The van der Waals surface area contributed by atoms with Crippen LogP contribution in [0.5, 0.6) is 0 Å². The van der Waals surface area contributed by atoms with Crippen molar-refractivity contribution in [2.24, 2.45) is 0 Å². The van der Waals surface area contributed by atoms with Crippen molar-refractivity contribution in [3.05, 3.63) is 0 Å². The number of rotatable bonds is 6. The molecule has 60 valence electrons. The fraction of sp³-hybridized carbons (Fsp3) is 0.833. The third-order valence-electron chi connectivity index (χ3n) is 0.892. The van der Waals surface area contributed by atoms with E-state index >= 15 is 0 Å². The highest BCUT2D eigenvalue weighted by Gasteiger charge is 1.95. The summed E-state index contributed by atoms with van der Waals surface area (Å²) in [6.45, 7) is 0. The number of hydrogen-bond donors (Lipinski definition) is 1. The van der Waals surface area contributed by atoms with Crippen LogP contribution in [-0.4, -0.2) is 34.6 Å². The second kappa shape index (κ2) is 7.28. The van der Waals surface area contributed by atoms with Crippen LogP contribution in [0.4, 0.5) is 0 Å². The normalized spacial score (nSPS) is 9.70. The Morgan fingerprint density at radius 2 is 2.10 bits per heavy atom. The first kappa shape index (κ1) is 10.2. The molecule has 0 bridgehead atoms. The number of carboxylic acids is 1. The van der Waals surface area contributed by atoms with Crippen molar-refractivity contribution >= 4 is 29.5 Å². The zero-order chi connectivity index (χ0) is 7.82. The van der Waals surface area contributed by atoms with E-state index in [1.807, 2.05) is 0 Å². The Hall–Kier alpha value is 0.170. The summed E-state index contributed by atoms with van der Waals surface area (Å²) in [7, 11) is 0. The lowest BCUT2D eigenvalue weighted by Crippen LogP contribution is -1.96. The second-order valence-electron chi connectivity index (χ2n) is 1.75. The van der Waals surface area contributed by atoms with Crippen molar-refractivity contribution in [1.82, 2.24) is 0 Å². The van der Waals surface area contributed by atoms with E-state index in [1.165, 1.54) is 0 Å². The summed E-state index contributed by atoms with van der Waals surface area (Å²) in [4.78, 5) is 10.0. The average Bonchev–Trinajstić information content (AvgIpc) is 1.87. The summed E-state index contributed by atoms with van der Waals surface area (Å²) in [5.41, 5.74) is 0. The molecule has 0 fully saturated rings. The SMILES string of the molecule is CSCCSCCC(=O)O. The Morgan fingerprint density at radius 1 is 1.40 bits per heavy atom. The van der Waals surface area contributed by atoms with Gasteiger partial charge in [-0.2, -0.15) is 23.5 Å².